The Morgan fingerprint density at radius 2 is 1.83 bits per heavy atom. The van der Waals surface area contributed by atoms with Gasteiger partial charge in [-0.3, -0.25) is 4.90 Å². The van der Waals surface area contributed by atoms with Crippen LogP contribution < -0.4 is 9.80 Å². The number of carbonyl (C=O) groups is 1. The molecule has 2 aromatic carbocycles. The van der Waals surface area contributed by atoms with Crippen LogP contribution in [0.5, 0.6) is 0 Å². The summed E-state index contributed by atoms with van der Waals surface area (Å²) >= 11 is 0. The molecule has 0 radical (unpaired) electrons. The van der Waals surface area contributed by atoms with Crippen LogP contribution >= 0.6 is 0 Å². The predicted molar refractivity (Wildman–Crippen MR) is 124 cm³/mol. The summed E-state index contributed by atoms with van der Waals surface area (Å²) in [6.07, 6.45) is 0.231. The van der Waals surface area contributed by atoms with Gasteiger partial charge in [-0.25, -0.2) is 9.78 Å². The Hall–Kier alpha value is -3.02. The van der Waals surface area contributed by atoms with Gasteiger partial charge >= 0.3 is 6.09 Å². The van der Waals surface area contributed by atoms with Crippen molar-refractivity contribution in [2.75, 3.05) is 36.5 Å². The molecule has 3 rings (SSSR count). The molecule has 0 N–H and O–H groups in total. The van der Waals surface area contributed by atoms with E-state index in [1.165, 1.54) is 5.69 Å². The topological polar surface area (TPSA) is 50.6 Å². The van der Waals surface area contributed by atoms with Crippen LogP contribution in [0.25, 0.3) is 11.0 Å². The molecule has 1 aromatic heterocycles. The molecule has 0 aliphatic carbocycles. The SMILES string of the molecule is CCN(CC)c1ccc(N(C)C(=O)OCCc2nc3ccccc3n2CC)c(C)c1. The number of imidazole rings is 1. The summed E-state index contributed by atoms with van der Waals surface area (Å²) in [5.74, 6) is 0.939. The maximum absolute atomic E-state index is 12.6. The normalized spacial score (nSPS) is 11.0. The van der Waals surface area contributed by atoms with E-state index in [-0.39, 0.29) is 6.09 Å². The van der Waals surface area contributed by atoms with Gasteiger partial charge in [0.1, 0.15) is 12.4 Å². The number of rotatable bonds is 8. The number of aryl methyl sites for hydroxylation is 2. The number of carbonyl (C=O) groups excluding carboxylic acids is 1. The fraction of sp³-hybridized carbons (Fsp3) is 0.417. The number of ether oxygens (including phenoxy) is 1. The molecule has 1 amide bonds. The number of hydrogen-bond acceptors (Lipinski definition) is 4. The lowest BCUT2D eigenvalue weighted by Crippen LogP contribution is -2.29. The van der Waals surface area contributed by atoms with Crippen molar-refractivity contribution in [3.63, 3.8) is 0 Å². The Kier molecular flexibility index (Phi) is 6.98. The van der Waals surface area contributed by atoms with Gasteiger partial charge in [0.05, 0.1) is 11.0 Å². The minimum atomic E-state index is -0.354. The number of aromatic nitrogens is 2. The van der Waals surface area contributed by atoms with Gasteiger partial charge in [0.15, 0.2) is 0 Å². The van der Waals surface area contributed by atoms with Crippen LogP contribution in [0.2, 0.25) is 0 Å². The van der Waals surface area contributed by atoms with E-state index in [1.807, 2.05) is 31.2 Å². The number of hydrogen-bond donors (Lipinski definition) is 0. The number of fused-ring (bicyclic) bond motifs is 1. The van der Waals surface area contributed by atoms with Crippen molar-refractivity contribution < 1.29 is 9.53 Å². The van der Waals surface area contributed by atoms with Crippen molar-refractivity contribution in [2.24, 2.45) is 0 Å². The Balaban J connectivity index is 1.64. The first-order chi connectivity index (χ1) is 14.5. The molecular formula is C24H32N4O2. The average Bonchev–Trinajstić information content (AvgIpc) is 3.11. The van der Waals surface area contributed by atoms with Crippen LogP contribution in [0.15, 0.2) is 42.5 Å². The largest absolute Gasteiger partial charge is 0.449 e. The van der Waals surface area contributed by atoms with Crippen LogP contribution in [0.4, 0.5) is 16.2 Å². The third-order valence-electron chi connectivity index (χ3n) is 5.55. The highest BCUT2D eigenvalue weighted by atomic mass is 16.6. The van der Waals surface area contributed by atoms with Gasteiger partial charge < -0.3 is 14.2 Å². The van der Waals surface area contributed by atoms with E-state index >= 15 is 0 Å². The molecule has 0 aliphatic rings. The molecular weight excluding hydrogens is 376 g/mol. The summed E-state index contributed by atoms with van der Waals surface area (Å²) in [7, 11) is 1.75. The Labute approximate surface area is 179 Å². The van der Waals surface area contributed by atoms with E-state index in [1.54, 1.807) is 11.9 Å². The standard InChI is InChI=1S/C24H32N4O2/c1-6-27(7-2)19-13-14-21(18(4)17-19)26(5)24(29)30-16-15-23-25-20-11-9-10-12-22(20)28(23)8-3/h9-14,17H,6-8,15-16H2,1-5H3. The van der Waals surface area contributed by atoms with E-state index in [0.717, 1.165) is 47.7 Å². The molecule has 3 aromatic rings. The summed E-state index contributed by atoms with van der Waals surface area (Å²) in [6, 6.07) is 14.2. The summed E-state index contributed by atoms with van der Waals surface area (Å²) < 4.78 is 7.73. The highest BCUT2D eigenvalue weighted by Crippen LogP contribution is 2.25. The first-order valence-corrected chi connectivity index (χ1v) is 10.7. The number of para-hydroxylation sites is 2. The monoisotopic (exact) mass is 408 g/mol. The molecule has 0 spiro atoms. The predicted octanol–water partition coefficient (Wildman–Crippen LogP) is 5.03. The highest BCUT2D eigenvalue weighted by molar-refractivity contribution is 5.88. The molecule has 0 bridgehead atoms. The number of nitrogens with zero attached hydrogens (tertiary/aromatic N) is 4. The number of amides is 1. The van der Waals surface area contributed by atoms with Crippen LogP contribution in [-0.4, -0.2) is 42.4 Å². The number of benzene rings is 2. The zero-order valence-corrected chi connectivity index (χ0v) is 18.7. The van der Waals surface area contributed by atoms with Gasteiger partial charge in [0.25, 0.3) is 0 Å². The molecule has 6 heteroatoms. The van der Waals surface area contributed by atoms with Crippen molar-refractivity contribution in [1.82, 2.24) is 9.55 Å². The van der Waals surface area contributed by atoms with Crippen molar-refractivity contribution in [3.8, 4) is 0 Å². The van der Waals surface area contributed by atoms with Crippen LogP contribution in [0, 0.1) is 6.92 Å². The molecule has 6 nitrogen and oxygen atoms in total. The minimum absolute atomic E-state index is 0.295. The second kappa shape index (κ2) is 9.65. The summed E-state index contributed by atoms with van der Waals surface area (Å²) in [5, 5.41) is 0. The van der Waals surface area contributed by atoms with E-state index in [0.29, 0.717) is 13.0 Å². The lowest BCUT2D eigenvalue weighted by molar-refractivity contribution is 0.155. The minimum Gasteiger partial charge on any atom is -0.449 e. The maximum Gasteiger partial charge on any atom is 0.414 e. The van der Waals surface area contributed by atoms with E-state index < -0.39 is 0 Å². The molecule has 0 atom stereocenters. The Bertz CT molecular complexity index is 1010. The van der Waals surface area contributed by atoms with E-state index in [4.69, 9.17) is 9.72 Å². The summed E-state index contributed by atoms with van der Waals surface area (Å²) in [6.45, 7) is 11.4. The molecule has 30 heavy (non-hydrogen) atoms. The van der Waals surface area contributed by atoms with Crippen LogP contribution in [0.3, 0.4) is 0 Å². The molecule has 0 unspecified atom stereocenters. The molecule has 1 heterocycles. The first-order valence-electron chi connectivity index (χ1n) is 10.7. The van der Waals surface area contributed by atoms with Crippen molar-refractivity contribution in [1.29, 1.82) is 0 Å². The smallest absolute Gasteiger partial charge is 0.414 e. The Morgan fingerprint density at radius 1 is 1.10 bits per heavy atom. The third-order valence-corrected chi connectivity index (χ3v) is 5.55. The molecule has 0 saturated carbocycles. The molecule has 160 valence electrons. The van der Waals surface area contributed by atoms with Crippen molar-refractivity contribution in [2.45, 2.75) is 40.7 Å². The third kappa shape index (κ3) is 4.42. The fourth-order valence-corrected chi connectivity index (χ4v) is 3.90. The van der Waals surface area contributed by atoms with Gasteiger partial charge in [-0.1, -0.05) is 12.1 Å². The van der Waals surface area contributed by atoms with Gasteiger partial charge in [0, 0.05) is 44.5 Å². The fourth-order valence-electron chi connectivity index (χ4n) is 3.90. The van der Waals surface area contributed by atoms with Gasteiger partial charge in [-0.05, 0) is 63.6 Å². The second-order valence-corrected chi connectivity index (χ2v) is 7.33. The molecule has 0 aliphatic heterocycles. The quantitative estimate of drug-likeness (QED) is 0.525. The van der Waals surface area contributed by atoms with Crippen LogP contribution in [-0.2, 0) is 17.7 Å². The second-order valence-electron chi connectivity index (χ2n) is 7.33. The van der Waals surface area contributed by atoms with Gasteiger partial charge in [-0.15, -0.1) is 0 Å². The van der Waals surface area contributed by atoms with E-state index in [2.05, 4.69) is 48.4 Å². The first kappa shape index (κ1) is 21.7. The summed E-state index contributed by atoms with van der Waals surface area (Å²) in [5.41, 5.74) is 5.16. The zero-order chi connectivity index (χ0) is 21.7. The van der Waals surface area contributed by atoms with Crippen molar-refractivity contribution >= 4 is 28.5 Å². The summed E-state index contributed by atoms with van der Waals surface area (Å²) in [4.78, 5) is 21.2. The lowest BCUT2D eigenvalue weighted by atomic mass is 10.1. The van der Waals surface area contributed by atoms with Crippen LogP contribution in [0.1, 0.15) is 32.2 Å². The number of anilines is 2. The van der Waals surface area contributed by atoms with Gasteiger partial charge in [0.2, 0.25) is 0 Å². The van der Waals surface area contributed by atoms with Crippen molar-refractivity contribution in [3.05, 3.63) is 53.9 Å². The Morgan fingerprint density at radius 3 is 2.50 bits per heavy atom. The molecule has 0 saturated heterocycles. The van der Waals surface area contributed by atoms with Gasteiger partial charge in [-0.2, -0.15) is 0 Å². The highest BCUT2D eigenvalue weighted by Gasteiger charge is 2.16. The lowest BCUT2D eigenvalue weighted by Gasteiger charge is -2.24. The zero-order valence-electron chi connectivity index (χ0n) is 18.7. The van der Waals surface area contributed by atoms with E-state index in [9.17, 15) is 4.79 Å². The average molecular weight is 409 g/mol. The maximum atomic E-state index is 12.6. The molecule has 0 fully saturated rings.